The van der Waals surface area contributed by atoms with E-state index in [2.05, 4.69) is 24.5 Å². The topological polar surface area (TPSA) is 50.4 Å². The van der Waals surface area contributed by atoms with Crippen LogP contribution in [0.5, 0.6) is 0 Å². The lowest BCUT2D eigenvalue weighted by Crippen LogP contribution is -2.52. The van der Waals surface area contributed by atoms with E-state index in [9.17, 15) is 4.79 Å². The quantitative estimate of drug-likeness (QED) is 0.819. The molecule has 2 atom stereocenters. The van der Waals surface area contributed by atoms with Crippen LogP contribution in [0.25, 0.3) is 0 Å². The second-order valence-electron chi connectivity index (χ2n) is 6.68. The summed E-state index contributed by atoms with van der Waals surface area (Å²) in [6.07, 6.45) is 6.74. The normalized spacial score (nSPS) is 29.1. The van der Waals surface area contributed by atoms with Crippen molar-refractivity contribution in [2.75, 3.05) is 6.61 Å². The number of carbonyl (C=O) groups excluding carboxylic acids is 1. The molecule has 0 aromatic rings. The summed E-state index contributed by atoms with van der Waals surface area (Å²) in [6.45, 7) is 6.97. The predicted octanol–water partition coefficient (Wildman–Crippen LogP) is 1.98. The van der Waals surface area contributed by atoms with Crippen LogP contribution in [0.4, 0.5) is 0 Å². The highest BCUT2D eigenvalue weighted by molar-refractivity contribution is 5.81. The molecule has 1 heterocycles. The first-order chi connectivity index (χ1) is 8.96. The summed E-state index contributed by atoms with van der Waals surface area (Å²) in [7, 11) is 0. The van der Waals surface area contributed by atoms with Gasteiger partial charge in [-0.05, 0) is 46.5 Å². The van der Waals surface area contributed by atoms with E-state index in [0.29, 0.717) is 12.1 Å². The highest BCUT2D eigenvalue weighted by Crippen LogP contribution is 2.24. The molecule has 0 aromatic heterocycles. The fraction of sp³-hybridized carbons (Fsp3) is 0.933. The fourth-order valence-corrected chi connectivity index (χ4v) is 3.20. The molecule has 1 amide bonds. The standard InChI is InChI=1S/C15H28N2O2/c1-11(14(18)17-12-6-4-5-7-12)16-13-8-9-19-15(2,3)10-13/h11-13,16H,4-10H2,1-3H3,(H,17,18). The maximum absolute atomic E-state index is 12.1. The molecule has 0 spiro atoms. The molecule has 4 nitrogen and oxygen atoms in total. The fourth-order valence-electron chi connectivity index (χ4n) is 3.20. The molecule has 1 saturated carbocycles. The first kappa shape index (κ1) is 14.8. The molecule has 2 fully saturated rings. The monoisotopic (exact) mass is 268 g/mol. The Labute approximate surface area is 116 Å². The summed E-state index contributed by atoms with van der Waals surface area (Å²) in [5.41, 5.74) is -0.0719. The lowest BCUT2D eigenvalue weighted by molar-refractivity contribution is -0.124. The Morgan fingerprint density at radius 1 is 1.21 bits per heavy atom. The van der Waals surface area contributed by atoms with E-state index in [1.807, 2.05) is 6.92 Å². The third kappa shape index (κ3) is 4.46. The van der Waals surface area contributed by atoms with Gasteiger partial charge in [0.05, 0.1) is 11.6 Å². The average Bonchev–Trinajstić information content (AvgIpc) is 2.80. The van der Waals surface area contributed by atoms with Crippen molar-refractivity contribution in [3.63, 3.8) is 0 Å². The molecule has 19 heavy (non-hydrogen) atoms. The molecule has 2 N–H and O–H groups in total. The molecule has 2 rings (SSSR count). The van der Waals surface area contributed by atoms with E-state index in [1.165, 1.54) is 12.8 Å². The van der Waals surface area contributed by atoms with Crippen molar-refractivity contribution in [1.29, 1.82) is 0 Å². The SMILES string of the molecule is CC(NC1CCOC(C)(C)C1)C(=O)NC1CCCC1. The van der Waals surface area contributed by atoms with Crippen LogP contribution in [-0.4, -0.2) is 36.2 Å². The largest absolute Gasteiger partial charge is 0.375 e. The summed E-state index contributed by atoms with van der Waals surface area (Å²) in [6, 6.07) is 0.676. The molecule has 0 aromatic carbocycles. The van der Waals surface area contributed by atoms with Gasteiger partial charge in [-0.3, -0.25) is 4.79 Å². The number of hydrogen-bond acceptors (Lipinski definition) is 3. The number of nitrogens with one attached hydrogen (secondary N) is 2. The molecule has 110 valence electrons. The van der Waals surface area contributed by atoms with Crippen LogP contribution in [0.1, 0.15) is 59.3 Å². The van der Waals surface area contributed by atoms with Crippen molar-refractivity contribution in [3.8, 4) is 0 Å². The summed E-state index contributed by atoms with van der Waals surface area (Å²) < 4.78 is 5.70. The van der Waals surface area contributed by atoms with Crippen LogP contribution in [0.15, 0.2) is 0 Å². The maximum Gasteiger partial charge on any atom is 0.237 e. The van der Waals surface area contributed by atoms with Gasteiger partial charge in [-0.1, -0.05) is 12.8 Å². The Morgan fingerprint density at radius 2 is 1.89 bits per heavy atom. The smallest absolute Gasteiger partial charge is 0.237 e. The zero-order valence-corrected chi connectivity index (χ0v) is 12.5. The summed E-state index contributed by atoms with van der Waals surface area (Å²) in [5.74, 6) is 0.149. The van der Waals surface area contributed by atoms with Crippen molar-refractivity contribution >= 4 is 5.91 Å². The average molecular weight is 268 g/mol. The molecule has 2 aliphatic rings. The minimum atomic E-state index is -0.112. The van der Waals surface area contributed by atoms with Crippen molar-refractivity contribution in [1.82, 2.24) is 10.6 Å². The molecular formula is C15H28N2O2. The van der Waals surface area contributed by atoms with E-state index >= 15 is 0 Å². The van der Waals surface area contributed by atoms with Gasteiger partial charge in [-0.15, -0.1) is 0 Å². The predicted molar refractivity (Wildman–Crippen MR) is 76.0 cm³/mol. The van der Waals surface area contributed by atoms with Crippen LogP contribution in [0.2, 0.25) is 0 Å². The lowest BCUT2D eigenvalue weighted by Gasteiger charge is -2.37. The van der Waals surface area contributed by atoms with Gasteiger partial charge in [-0.2, -0.15) is 0 Å². The Balaban J connectivity index is 1.76. The van der Waals surface area contributed by atoms with E-state index in [1.54, 1.807) is 0 Å². The minimum absolute atomic E-state index is 0.0719. The lowest BCUT2D eigenvalue weighted by atomic mass is 9.93. The van der Waals surface area contributed by atoms with Crippen LogP contribution in [0.3, 0.4) is 0 Å². The minimum Gasteiger partial charge on any atom is -0.375 e. The Kier molecular flexibility index (Phi) is 4.85. The van der Waals surface area contributed by atoms with Gasteiger partial charge >= 0.3 is 0 Å². The van der Waals surface area contributed by atoms with Gasteiger partial charge in [-0.25, -0.2) is 0 Å². The highest BCUT2D eigenvalue weighted by Gasteiger charge is 2.30. The number of rotatable bonds is 4. The van der Waals surface area contributed by atoms with Crippen molar-refractivity contribution < 1.29 is 9.53 Å². The molecule has 1 aliphatic carbocycles. The Hall–Kier alpha value is -0.610. The number of amides is 1. The number of hydrogen-bond donors (Lipinski definition) is 2. The van der Waals surface area contributed by atoms with E-state index in [0.717, 1.165) is 32.3 Å². The van der Waals surface area contributed by atoms with Crippen LogP contribution >= 0.6 is 0 Å². The maximum atomic E-state index is 12.1. The molecule has 0 radical (unpaired) electrons. The molecule has 1 aliphatic heterocycles. The van der Waals surface area contributed by atoms with Gasteiger partial charge in [0.15, 0.2) is 0 Å². The van der Waals surface area contributed by atoms with Crippen molar-refractivity contribution in [2.24, 2.45) is 0 Å². The second kappa shape index (κ2) is 6.23. The highest BCUT2D eigenvalue weighted by atomic mass is 16.5. The van der Waals surface area contributed by atoms with Gasteiger partial charge in [0.2, 0.25) is 5.91 Å². The van der Waals surface area contributed by atoms with E-state index in [-0.39, 0.29) is 17.6 Å². The first-order valence-electron chi connectivity index (χ1n) is 7.67. The van der Waals surface area contributed by atoms with E-state index in [4.69, 9.17) is 4.74 Å². The molecular weight excluding hydrogens is 240 g/mol. The third-order valence-corrected chi connectivity index (χ3v) is 4.28. The number of ether oxygens (including phenoxy) is 1. The molecule has 2 unspecified atom stereocenters. The Morgan fingerprint density at radius 3 is 2.53 bits per heavy atom. The summed E-state index contributed by atoms with van der Waals surface area (Å²) in [4.78, 5) is 12.1. The zero-order chi connectivity index (χ0) is 13.9. The molecule has 4 heteroatoms. The second-order valence-corrected chi connectivity index (χ2v) is 6.68. The van der Waals surface area contributed by atoms with E-state index < -0.39 is 0 Å². The van der Waals surface area contributed by atoms with Crippen molar-refractivity contribution in [3.05, 3.63) is 0 Å². The Bertz CT molecular complexity index is 311. The third-order valence-electron chi connectivity index (χ3n) is 4.28. The summed E-state index contributed by atoms with van der Waals surface area (Å²) in [5, 5.41) is 6.61. The summed E-state index contributed by atoms with van der Waals surface area (Å²) >= 11 is 0. The van der Waals surface area contributed by atoms with Gasteiger partial charge in [0.1, 0.15) is 0 Å². The van der Waals surface area contributed by atoms with Crippen molar-refractivity contribution in [2.45, 2.75) is 83.0 Å². The molecule has 0 bridgehead atoms. The van der Waals surface area contributed by atoms with Gasteiger partial charge < -0.3 is 15.4 Å². The zero-order valence-electron chi connectivity index (χ0n) is 12.5. The first-order valence-corrected chi connectivity index (χ1v) is 7.67. The van der Waals surface area contributed by atoms with Crippen LogP contribution in [-0.2, 0) is 9.53 Å². The number of carbonyl (C=O) groups is 1. The molecule has 1 saturated heterocycles. The van der Waals surface area contributed by atoms with Crippen LogP contribution in [0, 0.1) is 0 Å². The van der Waals surface area contributed by atoms with Gasteiger partial charge in [0, 0.05) is 18.7 Å². The van der Waals surface area contributed by atoms with Gasteiger partial charge in [0.25, 0.3) is 0 Å². The van der Waals surface area contributed by atoms with Crippen LogP contribution < -0.4 is 10.6 Å².